The van der Waals surface area contributed by atoms with Crippen LogP contribution in [0.25, 0.3) is 6.08 Å². The van der Waals surface area contributed by atoms with Gasteiger partial charge in [0, 0.05) is 11.3 Å². The third kappa shape index (κ3) is 2.61. The maximum atomic E-state index is 4.78. The molecular weight excluding hydrogens is 228 g/mol. The number of fused-ring (bicyclic) bond motifs is 1. The molecule has 0 aromatic carbocycles. The highest BCUT2D eigenvalue weighted by molar-refractivity contribution is 7.11. The van der Waals surface area contributed by atoms with Crippen molar-refractivity contribution in [3.05, 3.63) is 21.7 Å². The molecule has 0 amide bonds. The van der Waals surface area contributed by atoms with E-state index < -0.39 is 0 Å². The second-order valence-electron chi connectivity index (χ2n) is 5.31. The van der Waals surface area contributed by atoms with Crippen molar-refractivity contribution in [3.8, 4) is 0 Å². The first-order valence-electron chi connectivity index (χ1n) is 6.65. The lowest BCUT2D eigenvalue weighted by molar-refractivity contribution is 0.219. The Morgan fingerprint density at radius 3 is 3.00 bits per heavy atom. The summed E-state index contributed by atoms with van der Waals surface area (Å²) in [6.07, 6.45) is 10.8. The first kappa shape index (κ1) is 11.4. The molecule has 1 fully saturated rings. The number of thiazole rings is 1. The van der Waals surface area contributed by atoms with Gasteiger partial charge in [0.2, 0.25) is 0 Å². The minimum Gasteiger partial charge on any atom is -0.306 e. The Kier molecular flexibility index (Phi) is 3.30. The third-order valence-corrected chi connectivity index (χ3v) is 5.04. The first-order chi connectivity index (χ1) is 8.31. The number of nitrogens with zero attached hydrogens (tertiary/aromatic N) is 2. The summed E-state index contributed by atoms with van der Waals surface area (Å²) in [4.78, 5) is 8.73. The van der Waals surface area contributed by atoms with Gasteiger partial charge in [0.05, 0.1) is 10.7 Å². The number of likely N-dealkylation sites (tertiary alicyclic amines) is 1. The molecule has 92 valence electrons. The SMILES string of the molecule is CN1CCC(Cc2nc3c(s2)CCC=C3)CC1. The van der Waals surface area contributed by atoms with Crippen molar-refractivity contribution < 1.29 is 0 Å². The van der Waals surface area contributed by atoms with Crippen molar-refractivity contribution >= 4 is 17.4 Å². The molecule has 1 aliphatic carbocycles. The standard InChI is InChI=1S/C14H20N2S/c1-16-8-6-11(7-9-16)10-14-15-12-4-2-3-5-13(12)17-14/h2,4,11H,3,5-10H2,1H3. The first-order valence-corrected chi connectivity index (χ1v) is 7.46. The van der Waals surface area contributed by atoms with E-state index in [0.29, 0.717) is 0 Å². The van der Waals surface area contributed by atoms with Gasteiger partial charge in [-0.1, -0.05) is 6.08 Å². The van der Waals surface area contributed by atoms with Crippen molar-refractivity contribution in [1.82, 2.24) is 9.88 Å². The van der Waals surface area contributed by atoms with Crippen LogP contribution < -0.4 is 0 Å². The van der Waals surface area contributed by atoms with E-state index in [-0.39, 0.29) is 0 Å². The van der Waals surface area contributed by atoms with Crippen LogP contribution in [0.1, 0.15) is 34.8 Å². The summed E-state index contributed by atoms with van der Waals surface area (Å²) >= 11 is 1.95. The molecule has 0 spiro atoms. The number of rotatable bonds is 2. The molecule has 2 heterocycles. The lowest BCUT2D eigenvalue weighted by atomic mass is 9.94. The van der Waals surface area contributed by atoms with Crippen LogP contribution in [0.4, 0.5) is 0 Å². The number of aromatic nitrogens is 1. The fraction of sp³-hybridized carbons (Fsp3) is 0.643. The second kappa shape index (κ2) is 4.91. The number of hydrogen-bond acceptors (Lipinski definition) is 3. The maximum Gasteiger partial charge on any atom is 0.0937 e. The highest BCUT2D eigenvalue weighted by Crippen LogP contribution is 2.29. The molecule has 0 radical (unpaired) electrons. The van der Waals surface area contributed by atoms with Crippen molar-refractivity contribution in [3.63, 3.8) is 0 Å². The molecule has 1 aromatic heterocycles. The van der Waals surface area contributed by atoms with Crippen molar-refractivity contribution in [2.24, 2.45) is 5.92 Å². The Hall–Kier alpha value is -0.670. The van der Waals surface area contributed by atoms with Crippen LogP contribution in [0.5, 0.6) is 0 Å². The van der Waals surface area contributed by atoms with E-state index in [0.717, 1.165) is 5.92 Å². The number of aryl methyl sites for hydroxylation is 1. The number of piperidine rings is 1. The van der Waals surface area contributed by atoms with Gasteiger partial charge in [-0.15, -0.1) is 11.3 Å². The maximum absolute atomic E-state index is 4.78. The van der Waals surface area contributed by atoms with Gasteiger partial charge in [-0.3, -0.25) is 0 Å². The van der Waals surface area contributed by atoms with Crippen LogP contribution in [0, 0.1) is 5.92 Å². The molecule has 17 heavy (non-hydrogen) atoms. The molecule has 1 aliphatic heterocycles. The zero-order chi connectivity index (χ0) is 11.7. The van der Waals surface area contributed by atoms with Crippen LogP contribution in [-0.2, 0) is 12.8 Å². The largest absolute Gasteiger partial charge is 0.306 e. The minimum atomic E-state index is 0.864. The Morgan fingerprint density at radius 2 is 2.24 bits per heavy atom. The van der Waals surface area contributed by atoms with Gasteiger partial charge in [0.15, 0.2) is 0 Å². The van der Waals surface area contributed by atoms with Crippen LogP contribution in [-0.4, -0.2) is 30.0 Å². The lowest BCUT2D eigenvalue weighted by Gasteiger charge is -2.28. The van der Waals surface area contributed by atoms with Crippen molar-refractivity contribution in [2.75, 3.05) is 20.1 Å². The van der Waals surface area contributed by atoms with Gasteiger partial charge in [0.25, 0.3) is 0 Å². The molecule has 0 saturated carbocycles. The molecule has 3 heteroatoms. The Labute approximate surface area is 107 Å². The quantitative estimate of drug-likeness (QED) is 0.800. The van der Waals surface area contributed by atoms with Gasteiger partial charge < -0.3 is 4.90 Å². The van der Waals surface area contributed by atoms with Gasteiger partial charge in [0.1, 0.15) is 0 Å². The van der Waals surface area contributed by atoms with Crippen LogP contribution in [0.3, 0.4) is 0 Å². The molecule has 0 N–H and O–H groups in total. The fourth-order valence-electron chi connectivity index (χ4n) is 2.73. The summed E-state index contributed by atoms with van der Waals surface area (Å²) in [5, 5.41) is 1.37. The molecule has 1 aromatic rings. The van der Waals surface area contributed by atoms with E-state index in [1.807, 2.05) is 11.3 Å². The second-order valence-corrected chi connectivity index (χ2v) is 6.48. The Morgan fingerprint density at radius 1 is 1.41 bits per heavy atom. The third-order valence-electron chi connectivity index (χ3n) is 3.89. The lowest BCUT2D eigenvalue weighted by Crippen LogP contribution is -2.30. The molecule has 2 aliphatic rings. The normalized spacial score (nSPS) is 21.7. The van der Waals surface area contributed by atoms with E-state index >= 15 is 0 Å². The number of allylic oxidation sites excluding steroid dienone is 1. The summed E-state index contributed by atoms with van der Waals surface area (Å²) in [6.45, 7) is 2.52. The topological polar surface area (TPSA) is 16.1 Å². The smallest absolute Gasteiger partial charge is 0.0937 e. The van der Waals surface area contributed by atoms with Crippen molar-refractivity contribution in [1.29, 1.82) is 0 Å². The average molecular weight is 248 g/mol. The van der Waals surface area contributed by atoms with Crippen molar-refractivity contribution in [2.45, 2.75) is 32.1 Å². The van der Waals surface area contributed by atoms with E-state index in [9.17, 15) is 0 Å². The summed E-state index contributed by atoms with van der Waals surface area (Å²) in [7, 11) is 2.23. The molecule has 1 saturated heterocycles. The molecule has 0 atom stereocenters. The van der Waals surface area contributed by atoms with E-state index in [4.69, 9.17) is 4.98 Å². The predicted molar refractivity (Wildman–Crippen MR) is 73.4 cm³/mol. The molecular formula is C14H20N2S. The Balaban J connectivity index is 1.65. The summed E-state index contributed by atoms with van der Waals surface area (Å²) < 4.78 is 0. The monoisotopic (exact) mass is 248 g/mol. The molecule has 2 nitrogen and oxygen atoms in total. The van der Waals surface area contributed by atoms with E-state index in [2.05, 4.69) is 24.1 Å². The predicted octanol–water partition coefficient (Wildman–Crippen LogP) is 2.99. The highest BCUT2D eigenvalue weighted by atomic mass is 32.1. The Bertz CT molecular complexity index is 414. The average Bonchev–Trinajstić information content (AvgIpc) is 2.74. The summed E-state index contributed by atoms with van der Waals surface area (Å²) in [5.41, 5.74) is 1.25. The summed E-state index contributed by atoms with van der Waals surface area (Å²) in [6, 6.07) is 0. The van der Waals surface area contributed by atoms with E-state index in [1.54, 1.807) is 0 Å². The number of hydrogen-bond donors (Lipinski definition) is 0. The van der Waals surface area contributed by atoms with Crippen LogP contribution in [0.2, 0.25) is 0 Å². The molecule has 3 rings (SSSR count). The van der Waals surface area contributed by atoms with E-state index in [1.165, 1.54) is 60.8 Å². The zero-order valence-corrected chi connectivity index (χ0v) is 11.3. The zero-order valence-electron chi connectivity index (χ0n) is 10.5. The van der Waals surface area contributed by atoms with Gasteiger partial charge in [-0.25, -0.2) is 4.98 Å². The van der Waals surface area contributed by atoms with Gasteiger partial charge in [-0.05, 0) is 57.8 Å². The molecule has 0 unspecified atom stereocenters. The van der Waals surface area contributed by atoms with Gasteiger partial charge >= 0.3 is 0 Å². The van der Waals surface area contributed by atoms with Gasteiger partial charge in [-0.2, -0.15) is 0 Å². The molecule has 0 bridgehead atoms. The minimum absolute atomic E-state index is 0.864. The van der Waals surface area contributed by atoms with Crippen LogP contribution >= 0.6 is 11.3 Å². The van der Waals surface area contributed by atoms with Crippen LogP contribution in [0.15, 0.2) is 6.08 Å². The highest BCUT2D eigenvalue weighted by Gasteiger charge is 2.19. The fourth-order valence-corrected chi connectivity index (χ4v) is 3.92. The summed E-state index contributed by atoms with van der Waals surface area (Å²) in [5.74, 6) is 0.864.